The van der Waals surface area contributed by atoms with E-state index in [1.165, 1.54) is 5.56 Å². The molecule has 7 nitrogen and oxygen atoms in total. The molecule has 0 saturated carbocycles. The van der Waals surface area contributed by atoms with Crippen molar-refractivity contribution < 1.29 is 9.59 Å². The highest BCUT2D eigenvalue weighted by Crippen LogP contribution is 2.20. The first-order valence-electron chi connectivity index (χ1n) is 9.46. The van der Waals surface area contributed by atoms with Gasteiger partial charge in [-0.2, -0.15) is 5.10 Å². The lowest BCUT2D eigenvalue weighted by Gasteiger charge is -2.16. The summed E-state index contributed by atoms with van der Waals surface area (Å²) in [5.74, 6) is -0.318. The predicted octanol–water partition coefficient (Wildman–Crippen LogP) is 1.62. The molecule has 1 aliphatic rings. The van der Waals surface area contributed by atoms with Crippen molar-refractivity contribution in [1.29, 1.82) is 0 Å². The highest BCUT2D eigenvalue weighted by molar-refractivity contribution is 5.89. The number of rotatable bonds is 7. The minimum atomic E-state index is -0.286. The fourth-order valence-corrected chi connectivity index (χ4v) is 3.70. The van der Waals surface area contributed by atoms with Crippen molar-refractivity contribution in [3.8, 4) is 0 Å². The smallest absolute Gasteiger partial charge is 0.225 e. The second-order valence-corrected chi connectivity index (χ2v) is 7.05. The fourth-order valence-electron chi connectivity index (χ4n) is 3.70. The van der Waals surface area contributed by atoms with Gasteiger partial charge in [0.25, 0.3) is 0 Å². The minimum absolute atomic E-state index is 0.0260. The van der Waals surface area contributed by atoms with E-state index >= 15 is 0 Å². The van der Waals surface area contributed by atoms with Crippen LogP contribution in [0.3, 0.4) is 0 Å². The van der Waals surface area contributed by atoms with Gasteiger partial charge in [-0.05, 0) is 43.5 Å². The van der Waals surface area contributed by atoms with Gasteiger partial charge in [0.1, 0.15) is 0 Å². The van der Waals surface area contributed by atoms with Crippen molar-refractivity contribution >= 4 is 11.8 Å². The Balaban J connectivity index is 1.49. The molecule has 0 aliphatic carbocycles. The Morgan fingerprint density at radius 3 is 2.70 bits per heavy atom. The van der Waals surface area contributed by atoms with Gasteiger partial charge < -0.3 is 10.2 Å². The number of aryl methyl sites for hydroxylation is 1. The highest BCUT2D eigenvalue weighted by atomic mass is 16.2. The molecule has 1 atom stereocenters. The van der Waals surface area contributed by atoms with Gasteiger partial charge in [0, 0.05) is 44.1 Å². The van der Waals surface area contributed by atoms with Gasteiger partial charge >= 0.3 is 0 Å². The zero-order chi connectivity index (χ0) is 19.4. The second-order valence-electron chi connectivity index (χ2n) is 7.05. The van der Waals surface area contributed by atoms with Crippen LogP contribution in [0.2, 0.25) is 0 Å². The maximum atomic E-state index is 12.5. The van der Waals surface area contributed by atoms with Crippen molar-refractivity contribution in [1.82, 2.24) is 25.0 Å². The molecule has 1 saturated heterocycles. The van der Waals surface area contributed by atoms with Gasteiger partial charge in [0.15, 0.2) is 0 Å². The van der Waals surface area contributed by atoms with Crippen LogP contribution in [-0.2, 0) is 29.1 Å². The van der Waals surface area contributed by atoms with Gasteiger partial charge in [-0.15, -0.1) is 0 Å². The van der Waals surface area contributed by atoms with Crippen LogP contribution in [0.25, 0.3) is 0 Å². The Hall–Kier alpha value is -2.70. The number of hydrogen-bond acceptors (Lipinski definition) is 4. The Morgan fingerprint density at radius 2 is 2.04 bits per heavy atom. The summed E-state index contributed by atoms with van der Waals surface area (Å²) in [6.07, 6.45) is 4.66. The molecule has 2 aromatic heterocycles. The summed E-state index contributed by atoms with van der Waals surface area (Å²) < 4.78 is 1.95. The summed E-state index contributed by atoms with van der Waals surface area (Å²) in [5, 5.41) is 7.51. The molecule has 144 valence electrons. The fraction of sp³-hybridized carbons (Fsp3) is 0.500. The maximum Gasteiger partial charge on any atom is 0.225 e. The van der Waals surface area contributed by atoms with Gasteiger partial charge in [-0.3, -0.25) is 19.3 Å². The number of hydrogen-bond donors (Lipinski definition) is 1. The van der Waals surface area contributed by atoms with E-state index in [9.17, 15) is 9.59 Å². The van der Waals surface area contributed by atoms with Crippen LogP contribution >= 0.6 is 0 Å². The summed E-state index contributed by atoms with van der Waals surface area (Å²) in [6.45, 7) is 8.34. The Morgan fingerprint density at radius 1 is 1.30 bits per heavy atom. The largest absolute Gasteiger partial charge is 0.354 e. The number of pyridine rings is 1. The molecular weight excluding hydrogens is 342 g/mol. The lowest BCUT2D eigenvalue weighted by Crippen LogP contribution is -2.35. The van der Waals surface area contributed by atoms with Crippen LogP contribution in [0.5, 0.6) is 0 Å². The summed E-state index contributed by atoms with van der Waals surface area (Å²) in [5.41, 5.74) is 4.50. The molecule has 27 heavy (non-hydrogen) atoms. The molecule has 0 unspecified atom stereocenters. The average Bonchev–Trinajstić information content (AvgIpc) is 3.15. The van der Waals surface area contributed by atoms with Gasteiger partial charge in [0.2, 0.25) is 11.8 Å². The van der Waals surface area contributed by atoms with Crippen molar-refractivity contribution in [2.24, 2.45) is 5.92 Å². The summed E-state index contributed by atoms with van der Waals surface area (Å²) in [7, 11) is 0. The average molecular weight is 369 g/mol. The molecule has 1 N–H and O–H groups in total. The third-order valence-electron chi connectivity index (χ3n) is 5.22. The van der Waals surface area contributed by atoms with Crippen LogP contribution in [0, 0.1) is 19.8 Å². The van der Waals surface area contributed by atoms with Gasteiger partial charge in [-0.1, -0.05) is 6.92 Å². The van der Waals surface area contributed by atoms with Crippen molar-refractivity contribution in [2.75, 3.05) is 13.1 Å². The lowest BCUT2D eigenvalue weighted by molar-refractivity contribution is -0.129. The topological polar surface area (TPSA) is 80.1 Å². The lowest BCUT2D eigenvalue weighted by atomic mass is 10.1. The normalized spacial score (nSPS) is 16.8. The minimum Gasteiger partial charge on any atom is -0.354 e. The van der Waals surface area contributed by atoms with Crippen molar-refractivity contribution in [2.45, 2.75) is 46.7 Å². The predicted molar refractivity (Wildman–Crippen MR) is 102 cm³/mol. The third-order valence-corrected chi connectivity index (χ3v) is 5.22. The number of carbonyl (C=O) groups is 2. The van der Waals surface area contributed by atoms with E-state index in [1.54, 1.807) is 17.3 Å². The molecule has 1 aliphatic heterocycles. The van der Waals surface area contributed by atoms with Crippen molar-refractivity contribution in [3.05, 3.63) is 47.0 Å². The molecule has 0 spiro atoms. The van der Waals surface area contributed by atoms with E-state index in [0.29, 0.717) is 26.2 Å². The molecule has 0 radical (unpaired) electrons. The first-order chi connectivity index (χ1) is 13.0. The van der Waals surface area contributed by atoms with E-state index in [2.05, 4.69) is 29.2 Å². The van der Waals surface area contributed by atoms with E-state index < -0.39 is 0 Å². The standard InChI is InChI=1S/C20H27N5O2/c1-4-18-14(2)23-25(15(18)3)10-9-22-20(27)17-11-19(26)24(13-17)12-16-5-7-21-8-6-16/h5-8,17H,4,9-13H2,1-3H3,(H,22,27)/t17-/m1/s1. The second kappa shape index (κ2) is 8.33. The first kappa shape index (κ1) is 19.1. The Labute approximate surface area is 159 Å². The molecule has 3 rings (SSSR count). The van der Waals surface area contributed by atoms with Gasteiger partial charge in [0.05, 0.1) is 18.2 Å². The van der Waals surface area contributed by atoms with E-state index in [4.69, 9.17) is 0 Å². The molecule has 3 heterocycles. The quantitative estimate of drug-likeness (QED) is 0.804. The van der Waals surface area contributed by atoms with Crippen LogP contribution < -0.4 is 5.32 Å². The monoisotopic (exact) mass is 369 g/mol. The van der Waals surface area contributed by atoms with Crippen LogP contribution in [-0.4, -0.2) is 44.6 Å². The molecular formula is C20H27N5O2. The highest BCUT2D eigenvalue weighted by Gasteiger charge is 2.34. The van der Waals surface area contributed by atoms with E-state index in [0.717, 1.165) is 23.4 Å². The number of aromatic nitrogens is 3. The Bertz CT molecular complexity index is 815. The SMILES string of the molecule is CCc1c(C)nn(CCNC(=O)[C@@H]2CC(=O)N(Cc3ccncc3)C2)c1C. The molecule has 0 aromatic carbocycles. The summed E-state index contributed by atoms with van der Waals surface area (Å²) in [6, 6.07) is 3.78. The van der Waals surface area contributed by atoms with Crippen LogP contribution in [0.1, 0.15) is 35.9 Å². The number of likely N-dealkylation sites (tertiary alicyclic amines) is 1. The summed E-state index contributed by atoms with van der Waals surface area (Å²) in [4.78, 5) is 30.4. The zero-order valence-electron chi connectivity index (χ0n) is 16.2. The summed E-state index contributed by atoms with van der Waals surface area (Å²) >= 11 is 0. The number of nitrogens with zero attached hydrogens (tertiary/aromatic N) is 4. The van der Waals surface area contributed by atoms with Crippen LogP contribution in [0.15, 0.2) is 24.5 Å². The van der Waals surface area contributed by atoms with E-state index in [1.807, 2.05) is 23.7 Å². The Kier molecular flexibility index (Phi) is 5.88. The molecule has 7 heteroatoms. The number of carbonyl (C=O) groups excluding carboxylic acids is 2. The molecule has 1 fully saturated rings. The van der Waals surface area contributed by atoms with Crippen LogP contribution in [0.4, 0.5) is 0 Å². The van der Waals surface area contributed by atoms with Crippen molar-refractivity contribution in [3.63, 3.8) is 0 Å². The van der Waals surface area contributed by atoms with E-state index in [-0.39, 0.29) is 24.2 Å². The number of amides is 2. The van der Waals surface area contributed by atoms with Gasteiger partial charge in [-0.25, -0.2) is 0 Å². The number of nitrogens with one attached hydrogen (secondary N) is 1. The third kappa shape index (κ3) is 4.35. The zero-order valence-corrected chi connectivity index (χ0v) is 16.2. The molecule has 2 amide bonds. The maximum absolute atomic E-state index is 12.5. The first-order valence-corrected chi connectivity index (χ1v) is 9.46. The molecule has 2 aromatic rings. The molecule has 0 bridgehead atoms.